The second-order valence-electron chi connectivity index (χ2n) is 10.6. The molecule has 2 heterocycles. The van der Waals surface area contributed by atoms with E-state index in [1.54, 1.807) is 43.4 Å². The van der Waals surface area contributed by atoms with Crippen molar-refractivity contribution >= 4 is 45.5 Å². The number of quaternary nitrogens is 1. The Morgan fingerprint density at radius 2 is 1.76 bits per heavy atom. The molecule has 0 bridgehead atoms. The molecule has 3 aromatic carbocycles. The fraction of sp³-hybridized carbons (Fsp3) is 0.300. The van der Waals surface area contributed by atoms with Crippen molar-refractivity contribution in [3.8, 4) is 17.2 Å². The quantitative estimate of drug-likeness (QED) is 0.115. The molecule has 0 saturated heterocycles. The van der Waals surface area contributed by atoms with E-state index in [1.165, 1.54) is 19.2 Å². The zero-order valence-electron chi connectivity index (χ0n) is 23.6. The highest BCUT2D eigenvalue weighted by molar-refractivity contribution is 6.19. The first-order valence-corrected chi connectivity index (χ1v) is 13.6. The first-order chi connectivity index (χ1) is 19.6. The first-order valence-electron chi connectivity index (χ1n) is 13.0. The van der Waals surface area contributed by atoms with Gasteiger partial charge < -0.3 is 24.1 Å². The van der Waals surface area contributed by atoms with E-state index in [9.17, 15) is 14.9 Å². The summed E-state index contributed by atoms with van der Waals surface area (Å²) in [7, 11) is 8.75. The van der Waals surface area contributed by atoms with Crippen molar-refractivity contribution in [2.45, 2.75) is 12.5 Å². The number of ether oxygens (including phenoxy) is 3. The van der Waals surface area contributed by atoms with Gasteiger partial charge in [0.1, 0.15) is 17.9 Å². The van der Waals surface area contributed by atoms with Gasteiger partial charge in [0.2, 0.25) is 5.75 Å². The number of H-pyrrole nitrogens is 1. The molecule has 1 aromatic heterocycles. The van der Waals surface area contributed by atoms with Crippen LogP contribution in [0.1, 0.15) is 27.5 Å². The maximum Gasteiger partial charge on any atom is 0.274 e. The standard InChI is InChI=1S/C30H31ClN4O6/c1-35(2,17-18-6-8-21(9-7-18)34(37)38)22-10-11-23-20(15-31)16-33(25(23)14-22)30(36)24-12-19-13-26(39-3)28(40-4)29(41-5)27(19)32-24/h6-14,20H,15-17H2,1-5H3/p+1. The van der Waals surface area contributed by atoms with E-state index in [0.29, 0.717) is 51.9 Å². The van der Waals surface area contributed by atoms with Crippen molar-refractivity contribution in [1.82, 2.24) is 9.47 Å². The summed E-state index contributed by atoms with van der Waals surface area (Å²) in [6.45, 7) is 1.06. The smallest absolute Gasteiger partial charge is 0.274 e. The molecule has 1 aliphatic rings. The zero-order valence-corrected chi connectivity index (χ0v) is 24.3. The number of nitrogens with zero attached hydrogens (tertiary/aromatic N) is 3. The summed E-state index contributed by atoms with van der Waals surface area (Å²) in [4.78, 5) is 29.6. The van der Waals surface area contributed by atoms with E-state index in [4.69, 9.17) is 25.8 Å². The number of nitro benzene ring substituents is 1. The van der Waals surface area contributed by atoms with Crippen LogP contribution in [0.5, 0.6) is 17.2 Å². The van der Waals surface area contributed by atoms with Crippen LogP contribution in [-0.4, -0.2) is 63.7 Å². The number of fused-ring (bicyclic) bond motifs is 2. The van der Waals surface area contributed by atoms with Crippen molar-refractivity contribution in [3.05, 3.63) is 81.5 Å². The molecule has 1 aliphatic heterocycles. The van der Waals surface area contributed by atoms with Crippen LogP contribution < -0.4 is 23.6 Å². The summed E-state index contributed by atoms with van der Waals surface area (Å²) in [5.41, 5.74) is 4.88. The van der Waals surface area contributed by atoms with Gasteiger partial charge in [0.25, 0.3) is 11.6 Å². The number of hydrogen-bond donors (Lipinski definition) is 1. The molecule has 4 aromatic rings. The van der Waals surface area contributed by atoms with Gasteiger partial charge in [-0.05, 0) is 35.9 Å². The predicted molar refractivity (Wildman–Crippen MR) is 160 cm³/mol. The minimum absolute atomic E-state index is 0.00551. The molecule has 0 radical (unpaired) electrons. The number of amides is 1. The van der Waals surface area contributed by atoms with Crippen LogP contribution in [0.15, 0.2) is 54.6 Å². The van der Waals surface area contributed by atoms with Crippen molar-refractivity contribution < 1.29 is 23.9 Å². The maximum absolute atomic E-state index is 14.0. The molecule has 214 valence electrons. The first kappa shape index (κ1) is 28.3. The van der Waals surface area contributed by atoms with Gasteiger partial charge in [-0.3, -0.25) is 19.4 Å². The van der Waals surface area contributed by atoms with Gasteiger partial charge in [-0.15, -0.1) is 11.6 Å². The number of benzene rings is 3. The van der Waals surface area contributed by atoms with Gasteiger partial charge in [0.15, 0.2) is 11.5 Å². The van der Waals surface area contributed by atoms with Crippen LogP contribution in [0.25, 0.3) is 10.9 Å². The molecule has 0 spiro atoms. The second kappa shape index (κ2) is 10.9. The molecule has 1 N–H and O–H groups in total. The summed E-state index contributed by atoms with van der Waals surface area (Å²) in [6.07, 6.45) is 0. The Kier molecular flexibility index (Phi) is 7.54. The Labute approximate surface area is 242 Å². The second-order valence-corrected chi connectivity index (χ2v) is 10.9. The van der Waals surface area contributed by atoms with E-state index in [2.05, 4.69) is 25.1 Å². The SMILES string of the molecule is COc1cc2cc(C(=O)N3CC(CCl)c4ccc([N+](C)(C)Cc5ccc([N+](=O)[O-])cc5)cc43)[nH]c2c(OC)c1OC. The topological polar surface area (TPSA) is 107 Å². The average molecular weight is 580 g/mol. The fourth-order valence-corrected chi connectivity index (χ4v) is 5.77. The van der Waals surface area contributed by atoms with Crippen LogP contribution in [-0.2, 0) is 6.54 Å². The Morgan fingerprint density at radius 1 is 1.05 bits per heavy atom. The van der Waals surface area contributed by atoms with Gasteiger partial charge in [0.05, 0.1) is 51.6 Å². The highest BCUT2D eigenvalue weighted by Crippen LogP contribution is 2.44. The Bertz CT molecular complexity index is 1630. The lowest BCUT2D eigenvalue weighted by Gasteiger charge is -2.30. The lowest BCUT2D eigenvalue weighted by Crippen LogP contribution is -2.39. The average Bonchev–Trinajstić information content (AvgIpc) is 3.57. The molecule has 41 heavy (non-hydrogen) atoms. The molecule has 1 unspecified atom stereocenters. The number of non-ortho nitro benzene ring substituents is 1. The number of halogens is 1. The third-order valence-electron chi connectivity index (χ3n) is 7.65. The highest BCUT2D eigenvalue weighted by atomic mass is 35.5. The Morgan fingerprint density at radius 3 is 2.37 bits per heavy atom. The van der Waals surface area contributed by atoms with Crippen LogP contribution in [0, 0.1) is 10.1 Å². The Balaban J connectivity index is 1.50. The van der Waals surface area contributed by atoms with E-state index < -0.39 is 4.92 Å². The lowest BCUT2D eigenvalue weighted by atomic mass is 10.0. The normalized spacial score (nSPS) is 14.7. The molecule has 5 rings (SSSR count). The number of methoxy groups -OCH3 is 3. The summed E-state index contributed by atoms with van der Waals surface area (Å²) in [6, 6.07) is 16.3. The minimum atomic E-state index is -0.403. The maximum atomic E-state index is 14.0. The van der Waals surface area contributed by atoms with E-state index >= 15 is 0 Å². The number of carbonyl (C=O) groups is 1. The minimum Gasteiger partial charge on any atom is -0.493 e. The largest absolute Gasteiger partial charge is 0.493 e. The van der Waals surface area contributed by atoms with Gasteiger partial charge in [-0.2, -0.15) is 0 Å². The van der Waals surface area contributed by atoms with Gasteiger partial charge in [0, 0.05) is 47.5 Å². The van der Waals surface area contributed by atoms with E-state index in [1.807, 2.05) is 12.1 Å². The monoisotopic (exact) mass is 579 g/mol. The molecular weight excluding hydrogens is 548 g/mol. The van der Waals surface area contributed by atoms with Crippen molar-refractivity contribution in [3.63, 3.8) is 0 Å². The molecule has 1 amide bonds. The number of rotatable bonds is 9. The number of anilines is 1. The van der Waals surface area contributed by atoms with Crippen molar-refractivity contribution in [1.29, 1.82) is 0 Å². The Hall–Kier alpha value is -4.28. The van der Waals surface area contributed by atoms with Crippen LogP contribution >= 0.6 is 11.6 Å². The number of aromatic amines is 1. The number of hydrogen-bond acceptors (Lipinski definition) is 6. The van der Waals surface area contributed by atoms with Gasteiger partial charge in [-0.1, -0.05) is 6.07 Å². The lowest BCUT2D eigenvalue weighted by molar-refractivity contribution is -0.384. The molecular formula is C30H32ClN4O6+. The molecule has 0 aliphatic carbocycles. The highest BCUT2D eigenvalue weighted by Gasteiger charge is 2.35. The third kappa shape index (κ3) is 5.05. The summed E-state index contributed by atoms with van der Waals surface area (Å²) < 4.78 is 17.1. The zero-order chi connectivity index (χ0) is 29.5. The van der Waals surface area contributed by atoms with Crippen LogP contribution in [0.2, 0.25) is 0 Å². The molecule has 10 nitrogen and oxygen atoms in total. The summed E-state index contributed by atoms with van der Waals surface area (Å²) in [5, 5.41) is 11.8. The number of carbonyl (C=O) groups excluding carboxylic acids is 1. The fourth-order valence-electron chi connectivity index (χ4n) is 5.50. The molecule has 11 heteroatoms. The van der Waals surface area contributed by atoms with Crippen molar-refractivity contribution in [2.75, 3.05) is 52.7 Å². The van der Waals surface area contributed by atoms with E-state index in [0.717, 1.165) is 27.9 Å². The number of nitro groups is 1. The van der Waals surface area contributed by atoms with Gasteiger partial charge >= 0.3 is 0 Å². The van der Waals surface area contributed by atoms with Crippen LogP contribution in [0.3, 0.4) is 0 Å². The number of alkyl halides is 1. The van der Waals surface area contributed by atoms with Crippen LogP contribution in [0.4, 0.5) is 17.1 Å². The van der Waals surface area contributed by atoms with Gasteiger partial charge in [-0.25, -0.2) is 0 Å². The number of nitrogens with one attached hydrogen (secondary N) is 1. The third-order valence-corrected chi connectivity index (χ3v) is 8.03. The van der Waals surface area contributed by atoms with Crippen molar-refractivity contribution in [2.24, 2.45) is 0 Å². The van der Waals surface area contributed by atoms with E-state index in [-0.39, 0.29) is 17.5 Å². The summed E-state index contributed by atoms with van der Waals surface area (Å²) in [5.74, 6) is 1.58. The molecule has 0 saturated carbocycles. The molecule has 1 atom stereocenters. The number of aromatic nitrogens is 1. The predicted octanol–water partition coefficient (Wildman–Crippen LogP) is 5.85. The summed E-state index contributed by atoms with van der Waals surface area (Å²) >= 11 is 6.35. The molecule has 0 fully saturated rings.